The fraction of sp³-hybridized carbons (Fsp3) is 0.206. The fourth-order valence-electron chi connectivity index (χ4n) is 10.3. The van der Waals surface area contributed by atoms with Crippen LogP contribution in [-0.2, 0) is 20.1 Å². The summed E-state index contributed by atoms with van der Waals surface area (Å²) in [6, 6.07) is 66.8. The van der Waals surface area contributed by atoms with Crippen LogP contribution in [0, 0.1) is 12.1 Å². The average molecular weight is 1090 g/mol. The van der Waals surface area contributed by atoms with E-state index in [1.807, 2.05) is 42.6 Å². The number of hydrogen-bond donors (Lipinski definition) is 0. The molecule has 4 nitrogen and oxygen atoms in total. The van der Waals surface area contributed by atoms with Crippen LogP contribution in [0.2, 0.25) is 25.2 Å². The van der Waals surface area contributed by atoms with Crippen molar-refractivity contribution in [3.63, 3.8) is 0 Å². The number of pyridine rings is 1. The molecule has 6 heteroatoms. The first-order valence-electron chi connectivity index (χ1n) is 24.8. The SMILES string of the molecule is CC(C)c1cc(-c2ccccc2)cc(C(C)C)c1-n1c(-c2[c-]ccc3c2oc2cc4c(ccc5ccccc54)cc23)nc2ccccc21.[2H]C1(c2ccc(-c3[c-]cccc3)nc2)CC[Si](C)(C)CC1.[Ir]. The van der Waals surface area contributed by atoms with Crippen LogP contribution in [0.1, 0.15) is 76.3 Å². The average Bonchev–Trinajstić information content (AvgIpc) is 3.95. The maximum atomic E-state index is 8.79. The first kappa shape index (κ1) is 45.0. The molecule has 12 rings (SSSR count). The minimum absolute atomic E-state index is 0. The predicted molar refractivity (Wildman–Crippen MR) is 289 cm³/mol. The van der Waals surface area contributed by atoms with Gasteiger partial charge in [-0.25, -0.2) is 0 Å². The summed E-state index contributed by atoms with van der Waals surface area (Å²) in [6.07, 6.45) is 3.89. The van der Waals surface area contributed by atoms with E-state index in [-0.39, 0.29) is 31.9 Å². The fourth-order valence-corrected chi connectivity index (χ4v) is 12.5. The molecule has 0 atom stereocenters. The molecular weight excluding hydrogens is 1040 g/mol. The van der Waals surface area contributed by atoms with Crippen LogP contribution < -0.4 is 0 Å². The van der Waals surface area contributed by atoms with E-state index >= 15 is 0 Å². The zero-order valence-corrected chi connectivity index (χ0v) is 43.6. The maximum Gasteiger partial charge on any atom is 0.121 e. The van der Waals surface area contributed by atoms with E-state index in [2.05, 4.69) is 190 Å². The Morgan fingerprint density at radius 1 is 0.652 bits per heavy atom. The molecule has 1 saturated heterocycles. The van der Waals surface area contributed by atoms with Crippen molar-refractivity contribution in [3.8, 4) is 39.5 Å². The zero-order valence-electron chi connectivity index (χ0n) is 41.2. The number of furan rings is 1. The topological polar surface area (TPSA) is 43.9 Å². The minimum atomic E-state index is -1.02. The first-order valence-corrected chi connectivity index (χ1v) is 27.7. The third-order valence-electron chi connectivity index (χ3n) is 14.2. The smallest absolute Gasteiger partial charge is 0.121 e. The van der Waals surface area contributed by atoms with Crippen LogP contribution in [0.4, 0.5) is 0 Å². The number of nitrogens with zero attached hydrogens (tertiary/aromatic N) is 3. The van der Waals surface area contributed by atoms with Gasteiger partial charge in [0.15, 0.2) is 0 Å². The number of rotatable bonds is 7. The van der Waals surface area contributed by atoms with Gasteiger partial charge in [-0.05, 0) is 122 Å². The molecule has 4 heterocycles. The number of fused-ring (bicyclic) bond motifs is 7. The zero-order chi connectivity index (χ0) is 47.4. The van der Waals surface area contributed by atoms with Crippen LogP contribution in [0.15, 0.2) is 174 Å². The number of aromatic nitrogens is 3. The quantitative estimate of drug-likeness (QED) is 0.0907. The summed E-state index contributed by atoms with van der Waals surface area (Å²) >= 11 is 0. The van der Waals surface area contributed by atoms with Crippen molar-refractivity contribution in [2.45, 2.75) is 83.4 Å². The van der Waals surface area contributed by atoms with E-state index < -0.39 is 14.0 Å². The monoisotopic (exact) mass is 1090 g/mol. The summed E-state index contributed by atoms with van der Waals surface area (Å²) in [5.41, 5.74) is 13.8. The van der Waals surface area contributed by atoms with Crippen molar-refractivity contribution in [3.05, 3.63) is 199 Å². The molecule has 0 amide bonds. The Morgan fingerprint density at radius 2 is 1.36 bits per heavy atom. The summed E-state index contributed by atoms with van der Waals surface area (Å²) in [4.78, 5) is 9.89. The van der Waals surface area contributed by atoms with E-state index in [1.54, 1.807) is 0 Å². The summed E-state index contributed by atoms with van der Waals surface area (Å²) in [5.74, 6) is 0.980. The van der Waals surface area contributed by atoms with Crippen LogP contribution in [0.3, 0.4) is 0 Å². The molecular formula is C63H57IrN3OSi-2. The summed E-state index contributed by atoms with van der Waals surface area (Å²) in [6.45, 7) is 14.0. The molecule has 0 saturated carbocycles. The molecule has 1 aliphatic heterocycles. The third-order valence-corrected chi connectivity index (χ3v) is 17.4. The summed E-state index contributed by atoms with van der Waals surface area (Å²) in [5, 5.41) is 7.02. The minimum Gasteiger partial charge on any atom is -0.501 e. The van der Waals surface area contributed by atoms with E-state index in [4.69, 9.17) is 10.8 Å². The normalized spacial score (nSPS) is 14.6. The van der Waals surface area contributed by atoms with Gasteiger partial charge in [-0.1, -0.05) is 155 Å². The molecule has 0 aliphatic carbocycles. The Morgan fingerprint density at radius 3 is 2.09 bits per heavy atom. The van der Waals surface area contributed by atoms with Gasteiger partial charge < -0.3 is 14.0 Å². The van der Waals surface area contributed by atoms with E-state index in [0.717, 1.165) is 74.0 Å². The Balaban J connectivity index is 0.000000217. The molecule has 69 heavy (non-hydrogen) atoms. The second-order valence-electron chi connectivity index (χ2n) is 20.0. The van der Waals surface area contributed by atoms with Gasteiger partial charge in [0.25, 0.3) is 0 Å². The number of para-hydroxylation sites is 2. The van der Waals surface area contributed by atoms with Gasteiger partial charge in [0.1, 0.15) is 5.58 Å². The number of benzene rings is 8. The molecule has 11 aromatic rings. The van der Waals surface area contributed by atoms with Crippen LogP contribution in [0.25, 0.3) is 94.0 Å². The Hall–Kier alpha value is -6.43. The predicted octanol–water partition coefficient (Wildman–Crippen LogP) is 17.7. The molecule has 0 spiro atoms. The summed E-state index contributed by atoms with van der Waals surface area (Å²) in [7, 11) is -1.02. The van der Waals surface area contributed by atoms with Gasteiger partial charge >= 0.3 is 0 Å². The first-order chi connectivity index (χ1) is 33.4. The largest absolute Gasteiger partial charge is 0.501 e. The van der Waals surface area contributed by atoms with Crippen molar-refractivity contribution in [2.24, 2.45) is 0 Å². The van der Waals surface area contributed by atoms with Crippen molar-refractivity contribution in [1.29, 1.82) is 0 Å². The van der Waals surface area contributed by atoms with Crippen LogP contribution in [0.5, 0.6) is 0 Å². The number of imidazole rings is 1. The molecule has 0 unspecified atom stereocenters. The standard InChI is InChI=1S/C45H35N2O.C18H22NSi.Ir/c1-27(2)36-24-32(29-13-6-5-7-14-29)25-37(28(3)4)43(36)47-41-20-11-10-19-40(41)46-45(47)35-18-12-17-34-39-23-31-22-21-30-15-8-9-16-33(30)38(31)26-42(39)48-44(34)35;1-20(2)12-10-15(11-13-20)17-8-9-18(19-14-17)16-6-4-3-5-7-16;/h5-17,19-28H,1-4H3;3-6,8-9,14-15H,10-13H2,1-2H3;/q2*-1;/i;15D;. The second-order valence-corrected chi connectivity index (χ2v) is 25.3. The van der Waals surface area contributed by atoms with Crippen LogP contribution >= 0.6 is 0 Å². The number of hydrogen-bond acceptors (Lipinski definition) is 3. The van der Waals surface area contributed by atoms with Gasteiger partial charge in [0.2, 0.25) is 0 Å². The van der Waals surface area contributed by atoms with Crippen molar-refractivity contribution >= 4 is 62.6 Å². The molecule has 8 aromatic carbocycles. The van der Waals surface area contributed by atoms with Crippen molar-refractivity contribution in [2.75, 3.05) is 0 Å². The van der Waals surface area contributed by atoms with Gasteiger partial charge in [-0.15, -0.1) is 54.1 Å². The summed E-state index contributed by atoms with van der Waals surface area (Å²) < 4.78 is 18.0. The molecule has 345 valence electrons. The molecule has 1 radical (unpaired) electrons. The van der Waals surface area contributed by atoms with E-state index in [0.29, 0.717) is 0 Å². The van der Waals surface area contributed by atoms with E-state index in [1.165, 1.54) is 61.6 Å². The molecule has 3 aromatic heterocycles. The van der Waals surface area contributed by atoms with Gasteiger partial charge in [-0.2, -0.15) is 0 Å². The van der Waals surface area contributed by atoms with Crippen LogP contribution in [-0.4, -0.2) is 22.6 Å². The van der Waals surface area contributed by atoms with E-state index in [9.17, 15) is 0 Å². The third kappa shape index (κ3) is 8.91. The van der Waals surface area contributed by atoms with Gasteiger partial charge in [-0.3, -0.25) is 4.98 Å². The Labute approximate surface area is 422 Å². The molecule has 1 fully saturated rings. The molecule has 0 N–H and O–H groups in total. The molecule has 0 bridgehead atoms. The Kier molecular flexibility index (Phi) is 12.5. The van der Waals surface area contributed by atoms with Gasteiger partial charge in [0.05, 0.1) is 22.4 Å². The Bertz CT molecular complexity index is 3630. The van der Waals surface area contributed by atoms with Crippen molar-refractivity contribution < 1.29 is 25.9 Å². The van der Waals surface area contributed by atoms with Gasteiger partial charge in [0, 0.05) is 46.8 Å². The second kappa shape index (κ2) is 19.2. The maximum absolute atomic E-state index is 8.79. The molecule has 1 aliphatic rings. The van der Waals surface area contributed by atoms with Crippen molar-refractivity contribution in [1.82, 2.24) is 14.5 Å².